The zero-order valence-corrected chi connectivity index (χ0v) is 6.00. The minimum atomic E-state index is 0.639. The Kier molecular flexibility index (Phi) is 2.21. The highest BCUT2D eigenvalue weighted by Crippen LogP contribution is 2.32. The topological polar surface area (TPSA) is 17.1 Å². The fourth-order valence-corrected chi connectivity index (χ4v) is 0.676. The second-order valence-corrected chi connectivity index (χ2v) is 2.16. The van der Waals surface area contributed by atoms with Gasteiger partial charge in [0.05, 0.1) is 0 Å². The van der Waals surface area contributed by atoms with Crippen molar-refractivity contribution in [1.29, 1.82) is 0 Å². The Bertz CT molecular complexity index is 211. The van der Waals surface area contributed by atoms with Crippen molar-refractivity contribution in [3.63, 3.8) is 0 Å². The number of aldehydes is 1. The van der Waals surface area contributed by atoms with Crippen LogP contribution in [0.3, 0.4) is 0 Å². The minimum Gasteiger partial charge on any atom is -0.303 e. The third-order valence-electron chi connectivity index (χ3n) is 1.28. The number of hydrogen-bond acceptors (Lipinski definition) is 1. The van der Waals surface area contributed by atoms with E-state index in [-0.39, 0.29) is 0 Å². The molecule has 52 valence electrons. The van der Waals surface area contributed by atoms with Crippen LogP contribution in [0.25, 0.3) is 11.1 Å². The zero-order chi connectivity index (χ0) is 7.40. The standard InChI is InChI=1S/C6H4.C3H6O/c1-2-5-4-6(5)3-1;1-2-3-4/h1-4H;3H,2H2,1H3. The van der Waals surface area contributed by atoms with Gasteiger partial charge in [-0.25, -0.2) is 0 Å². The Morgan fingerprint density at radius 1 is 1.40 bits per heavy atom. The third kappa shape index (κ3) is 1.69. The molecule has 0 aliphatic heterocycles. The van der Waals surface area contributed by atoms with Crippen molar-refractivity contribution in [2.45, 2.75) is 13.3 Å². The maximum atomic E-state index is 9.17. The molecule has 0 saturated heterocycles. The van der Waals surface area contributed by atoms with Gasteiger partial charge in [0.1, 0.15) is 6.29 Å². The molecule has 0 radical (unpaired) electrons. The van der Waals surface area contributed by atoms with Gasteiger partial charge >= 0.3 is 0 Å². The molecule has 2 rings (SSSR count). The summed E-state index contributed by atoms with van der Waals surface area (Å²) >= 11 is 0. The Balaban J connectivity index is 0.000000112. The summed E-state index contributed by atoms with van der Waals surface area (Å²) in [7, 11) is 0. The van der Waals surface area contributed by atoms with Crippen molar-refractivity contribution in [3.8, 4) is 11.1 Å². The van der Waals surface area contributed by atoms with Gasteiger partial charge in [-0.3, -0.25) is 0 Å². The van der Waals surface area contributed by atoms with E-state index in [0.29, 0.717) is 6.42 Å². The van der Waals surface area contributed by atoms with Gasteiger partial charge in [-0.1, -0.05) is 25.1 Å². The molecule has 0 N–H and O–H groups in total. The first-order valence-electron chi connectivity index (χ1n) is 3.42. The van der Waals surface area contributed by atoms with Crippen molar-refractivity contribution < 1.29 is 4.79 Å². The second kappa shape index (κ2) is 3.16. The van der Waals surface area contributed by atoms with Crippen LogP contribution in [0.2, 0.25) is 0 Å². The monoisotopic (exact) mass is 134 g/mol. The third-order valence-corrected chi connectivity index (χ3v) is 1.28. The molecular weight excluding hydrogens is 124 g/mol. The number of hydrogen-bond donors (Lipinski definition) is 0. The second-order valence-electron chi connectivity index (χ2n) is 2.16. The van der Waals surface area contributed by atoms with Crippen LogP contribution in [0, 0.1) is 0 Å². The maximum absolute atomic E-state index is 9.17. The van der Waals surface area contributed by atoms with Crippen LogP contribution < -0.4 is 0 Å². The predicted octanol–water partition coefficient (Wildman–Crippen LogP) is 2.26. The number of rotatable bonds is 1. The van der Waals surface area contributed by atoms with E-state index in [1.54, 1.807) is 0 Å². The quantitative estimate of drug-likeness (QED) is 0.547. The van der Waals surface area contributed by atoms with Crippen LogP contribution in [0.15, 0.2) is 24.3 Å². The Morgan fingerprint density at radius 2 is 1.90 bits per heavy atom. The maximum Gasteiger partial charge on any atom is 0.119 e. The Hall–Kier alpha value is -1.11. The molecule has 0 amide bonds. The van der Waals surface area contributed by atoms with Gasteiger partial charge in [0, 0.05) is 6.42 Å². The van der Waals surface area contributed by atoms with Crippen LogP contribution in [0.1, 0.15) is 13.3 Å². The van der Waals surface area contributed by atoms with Crippen LogP contribution in [0.4, 0.5) is 0 Å². The zero-order valence-electron chi connectivity index (χ0n) is 6.00. The number of benzene rings is 1. The lowest BCUT2D eigenvalue weighted by Crippen LogP contribution is -1.55. The first-order valence-corrected chi connectivity index (χ1v) is 3.42. The summed E-state index contributed by atoms with van der Waals surface area (Å²) < 4.78 is 0. The molecule has 0 aromatic heterocycles. The first-order chi connectivity index (χ1) is 4.88. The van der Waals surface area contributed by atoms with Crippen LogP contribution in [-0.4, -0.2) is 6.29 Å². The minimum absolute atomic E-state index is 0.639. The summed E-state index contributed by atoms with van der Waals surface area (Å²) in [6, 6.07) is 8.48. The summed E-state index contributed by atoms with van der Waals surface area (Å²) in [5, 5.41) is 0. The van der Waals surface area contributed by atoms with Crippen molar-refractivity contribution in [2.24, 2.45) is 0 Å². The molecule has 0 unspecified atom stereocenters. The SMILES string of the molecule is CCC=O.c1cc2cc-2c1. The van der Waals surface area contributed by atoms with Crippen molar-refractivity contribution in [3.05, 3.63) is 24.3 Å². The van der Waals surface area contributed by atoms with Gasteiger partial charge in [0.25, 0.3) is 0 Å². The number of fused-ring (bicyclic) bond motifs is 1. The smallest absolute Gasteiger partial charge is 0.119 e. The molecule has 0 aromatic carbocycles. The molecule has 0 atom stereocenters. The average Bonchev–Trinajstić information content (AvgIpc) is 2.60. The van der Waals surface area contributed by atoms with Crippen LogP contribution in [0.5, 0.6) is 0 Å². The van der Waals surface area contributed by atoms with Gasteiger partial charge in [-0.15, -0.1) is 0 Å². The van der Waals surface area contributed by atoms with E-state index in [1.165, 1.54) is 11.1 Å². The van der Waals surface area contributed by atoms with E-state index in [4.69, 9.17) is 0 Å². The lowest BCUT2D eigenvalue weighted by atomic mass is 10.6. The Labute approximate surface area is 60.7 Å². The van der Waals surface area contributed by atoms with Gasteiger partial charge in [0.15, 0.2) is 0 Å². The van der Waals surface area contributed by atoms with E-state index in [9.17, 15) is 4.79 Å². The van der Waals surface area contributed by atoms with Gasteiger partial charge in [-0.05, 0) is 17.2 Å². The molecule has 1 nitrogen and oxygen atoms in total. The van der Waals surface area contributed by atoms with E-state index in [2.05, 4.69) is 24.3 Å². The fourth-order valence-electron chi connectivity index (χ4n) is 0.676. The van der Waals surface area contributed by atoms with Crippen LogP contribution >= 0.6 is 0 Å². The summed E-state index contributed by atoms with van der Waals surface area (Å²) in [6.07, 6.45) is 1.51. The summed E-state index contributed by atoms with van der Waals surface area (Å²) in [5.74, 6) is 0. The van der Waals surface area contributed by atoms with E-state index >= 15 is 0 Å². The number of carbonyl (C=O) groups is 1. The molecule has 0 spiro atoms. The normalized spacial score (nSPS) is 9.30. The molecule has 1 heteroatoms. The van der Waals surface area contributed by atoms with Gasteiger partial charge in [-0.2, -0.15) is 0 Å². The first kappa shape index (κ1) is 7.00. The lowest BCUT2D eigenvalue weighted by molar-refractivity contribution is -0.107. The molecule has 0 fully saturated rings. The number of carbonyl (C=O) groups excluding carboxylic acids is 1. The highest BCUT2D eigenvalue weighted by Gasteiger charge is 2.06. The molecule has 2 aliphatic carbocycles. The van der Waals surface area contributed by atoms with Gasteiger partial charge < -0.3 is 4.79 Å². The highest BCUT2D eigenvalue weighted by molar-refractivity contribution is 5.80. The molecule has 0 heterocycles. The molecule has 0 aromatic rings. The molecule has 0 bridgehead atoms. The van der Waals surface area contributed by atoms with E-state index in [1.807, 2.05) is 6.92 Å². The molecule has 2 aliphatic rings. The predicted molar refractivity (Wildman–Crippen MR) is 41.8 cm³/mol. The van der Waals surface area contributed by atoms with Crippen molar-refractivity contribution >= 4 is 6.29 Å². The molecule has 0 saturated carbocycles. The van der Waals surface area contributed by atoms with E-state index < -0.39 is 0 Å². The van der Waals surface area contributed by atoms with E-state index in [0.717, 1.165) is 6.29 Å². The summed E-state index contributed by atoms with van der Waals surface area (Å²) in [5.41, 5.74) is 2.85. The van der Waals surface area contributed by atoms with Crippen molar-refractivity contribution in [1.82, 2.24) is 0 Å². The van der Waals surface area contributed by atoms with Crippen LogP contribution in [-0.2, 0) is 4.79 Å². The van der Waals surface area contributed by atoms with Gasteiger partial charge in [0.2, 0.25) is 0 Å². The lowest BCUT2D eigenvalue weighted by Gasteiger charge is -1.51. The Morgan fingerprint density at radius 3 is 2.00 bits per heavy atom. The summed E-state index contributed by atoms with van der Waals surface area (Å²) in [6.45, 7) is 1.81. The fraction of sp³-hybridized carbons (Fsp3) is 0.222. The average molecular weight is 134 g/mol. The largest absolute Gasteiger partial charge is 0.303 e. The molecular formula is C9H10O. The molecule has 10 heavy (non-hydrogen) atoms. The van der Waals surface area contributed by atoms with Crippen molar-refractivity contribution in [2.75, 3.05) is 0 Å². The highest BCUT2D eigenvalue weighted by atomic mass is 16.1. The summed E-state index contributed by atoms with van der Waals surface area (Å²) in [4.78, 5) is 9.17.